The molecule has 1 heterocycles. The quantitative estimate of drug-likeness (QED) is 0.625. The number of hydrogen-bond acceptors (Lipinski definition) is 4. The second-order valence-electron chi connectivity index (χ2n) is 6.19. The van der Waals surface area contributed by atoms with E-state index in [4.69, 9.17) is 4.74 Å². The molecule has 0 aliphatic carbocycles. The molecule has 0 spiro atoms. The van der Waals surface area contributed by atoms with Crippen molar-refractivity contribution in [2.75, 3.05) is 11.4 Å². The fourth-order valence-corrected chi connectivity index (χ4v) is 4.29. The lowest BCUT2D eigenvalue weighted by molar-refractivity contribution is -0.378. The molecule has 7 heteroatoms. The summed E-state index contributed by atoms with van der Waals surface area (Å²) in [6.07, 6.45) is 7.22. The van der Waals surface area contributed by atoms with Crippen LogP contribution in [0.5, 0.6) is 5.75 Å². The van der Waals surface area contributed by atoms with E-state index in [0.717, 1.165) is 9.87 Å². The Hall–Kier alpha value is -3.45. The number of aromatic nitrogens is 1. The SMILES string of the molecule is COc1ccc(S(=O)(=O)N(C(C)=O)c2ccccc2/C=C/c2cc[nH+]cc2)cc1. The minimum absolute atomic E-state index is 0.00544. The first-order chi connectivity index (χ1) is 13.9. The van der Waals surface area contributed by atoms with E-state index >= 15 is 0 Å². The number of ether oxygens (including phenoxy) is 1. The van der Waals surface area contributed by atoms with Crippen LogP contribution in [0.15, 0.2) is 78.0 Å². The minimum atomic E-state index is -4.09. The van der Waals surface area contributed by atoms with E-state index in [-0.39, 0.29) is 10.6 Å². The highest BCUT2D eigenvalue weighted by molar-refractivity contribution is 7.93. The van der Waals surface area contributed by atoms with Crippen LogP contribution in [0.1, 0.15) is 18.1 Å². The number of hydrogen-bond donors (Lipinski definition) is 0. The van der Waals surface area contributed by atoms with Gasteiger partial charge in [0.05, 0.1) is 17.7 Å². The first-order valence-corrected chi connectivity index (χ1v) is 10.3. The predicted octanol–water partition coefficient (Wildman–Crippen LogP) is 3.42. The Morgan fingerprint density at radius 3 is 2.24 bits per heavy atom. The third-order valence-electron chi connectivity index (χ3n) is 4.24. The monoisotopic (exact) mass is 409 g/mol. The van der Waals surface area contributed by atoms with Gasteiger partial charge in [-0.3, -0.25) is 4.79 Å². The second kappa shape index (κ2) is 8.70. The number of aromatic amines is 1. The number of benzene rings is 2. The summed E-state index contributed by atoms with van der Waals surface area (Å²) in [6, 6.07) is 16.6. The number of nitrogens with one attached hydrogen (secondary N) is 1. The number of carbonyl (C=O) groups excluding carboxylic acids is 1. The van der Waals surface area contributed by atoms with Gasteiger partial charge in [0, 0.05) is 19.1 Å². The fraction of sp³-hybridized carbons (Fsp3) is 0.0909. The molecule has 0 radical (unpaired) electrons. The van der Waals surface area contributed by atoms with Gasteiger partial charge in [0.15, 0.2) is 12.4 Å². The van der Waals surface area contributed by atoms with E-state index in [1.807, 2.05) is 18.2 Å². The number of H-pyrrole nitrogens is 1. The molecule has 0 saturated heterocycles. The third kappa shape index (κ3) is 4.52. The van der Waals surface area contributed by atoms with Crippen LogP contribution in [0.3, 0.4) is 0 Å². The number of carbonyl (C=O) groups is 1. The van der Waals surface area contributed by atoms with Gasteiger partial charge in [-0.15, -0.1) is 0 Å². The maximum atomic E-state index is 13.2. The van der Waals surface area contributed by atoms with Gasteiger partial charge in [0.2, 0.25) is 5.91 Å². The lowest BCUT2D eigenvalue weighted by atomic mass is 10.1. The van der Waals surface area contributed by atoms with E-state index < -0.39 is 15.9 Å². The number of rotatable bonds is 6. The number of anilines is 1. The molecule has 29 heavy (non-hydrogen) atoms. The molecule has 1 amide bonds. The van der Waals surface area contributed by atoms with Crippen LogP contribution in [-0.4, -0.2) is 21.4 Å². The largest absolute Gasteiger partial charge is 0.497 e. The zero-order chi connectivity index (χ0) is 20.9. The highest BCUT2D eigenvalue weighted by Gasteiger charge is 2.29. The van der Waals surface area contributed by atoms with Gasteiger partial charge in [0.25, 0.3) is 10.0 Å². The summed E-state index contributed by atoms with van der Waals surface area (Å²) in [4.78, 5) is 15.4. The van der Waals surface area contributed by atoms with Crippen LogP contribution in [0.25, 0.3) is 12.2 Å². The first-order valence-electron chi connectivity index (χ1n) is 8.86. The molecular weight excluding hydrogens is 388 g/mol. The average molecular weight is 409 g/mol. The van der Waals surface area contributed by atoms with Crippen molar-refractivity contribution in [3.8, 4) is 5.75 Å². The van der Waals surface area contributed by atoms with Gasteiger partial charge >= 0.3 is 0 Å². The molecule has 0 atom stereocenters. The number of methoxy groups -OCH3 is 1. The van der Waals surface area contributed by atoms with E-state index in [2.05, 4.69) is 4.98 Å². The zero-order valence-electron chi connectivity index (χ0n) is 16.1. The summed E-state index contributed by atoms with van der Waals surface area (Å²) in [5.74, 6) is -0.0715. The van der Waals surface area contributed by atoms with Crippen LogP contribution in [0.2, 0.25) is 0 Å². The maximum Gasteiger partial charge on any atom is 0.270 e. The molecule has 0 saturated carbocycles. The molecule has 1 aromatic heterocycles. The molecule has 3 aromatic rings. The van der Waals surface area contributed by atoms with Crippen molar-refractivity contribution in [3.05, 3.63) is 84.2 Å². The molecule has 2 aromatic carbocycles. The summed E-state index contributed by atoms with van der Waals surface area (Å²) < 4.78 is 32.4. The van der Waals surface area contributed by atoms with Gasteiger partial charge in [-0.05, 0) is 41.5 Å². The zero-order valence-corrected chi connectivity index (χ0v) is 16.9. The van der Waals surface area contributed by atoms with Crippen LogP contribution in [-0.2, 0) is 14.8 Å². The van der Waals surface area contributed by atoms with Crippen LogP contribution in [0, 0.1) is 0 Å². The van der Waals surface area contributed by atoms with Crippen LogP contribution < -0.4 is 14.0 Å². The summed E-state index contributed by atoms with van der Waals surface area (Å²) in [5, 5.41) is 0. The summed E-state index contributed by atoms with van der Waals surface area (Å²) in [7, 11) is -2.60. The lowest BCUT2D eigenvalue weighted by Crippen LogP contribution is -2.35. The van der Waals surface area contributed by atoms with Crippen molar-refractivity contribution < 1.29 is 22.9 Å². The molecule has 0 bridgehead atoms. The Morgan fingerprint density at radius 1 is 0.966 bits per heavy atom. The topological polar surface area (TPSA) is 77.8 Å². The second-order valence-corrected chi connectivity index (χ2v) is 7.98. The molecule has 0 aliphatic rings. The molecule has 148 valence electrons. The van der Waals surface area contributed by atoms with E-state index in [1.165, 1.54) is 26.2 Å². The Morgan fingerprint density at radius 2 is 1.62 bits per heavy atom. The average Bonchev–Trinajstić information content (AvgIpc) is 2.73. The van der Waals surface area contributed by atoms with Crippen molar-refractivity contribution in [2.45, 2.75) is 11.8 Å². The van der Waals surface area contributed by atoms with Gasteiger partial charge in [-0.25, -0.2) is 17.7 Å². The fourth-order valence-electron chi connectivity index (χ4n) is 2.83. The summed E-state index contributed by atoms with van der Waals surface area (Å²) in [6.45, 7) is 1.23. The van der Waals surface area contributed by atoms with Gasteiger partial charge in [-0.2, -0.15) is 0 Å². The highest BCUT2D eigenvalue weighted by atomic mass is 32.2. The molecule has 0 unspecified atom stereocenters. The van der Waals surface area contributed by atoms with Gasteiger partial charge in [-0.1, -0.05) is 30.4 Å². The first kappa shape index (κ1) is 20.3. The standard InChI is InChI=1S/C22H20N2O4S/c1-17(25)24(29(26,27)21-11-9-20(28-2)10-12-21)22-6-4-3-5-19(22)8-7-18-13-15-23-16-14-18/h3-16H,1-2H3/p+1/b8-7+. The number of amides is 1. The van der Waals surface area contributed by atoms with E-state index in [1.54, 1.807) is 54.9 Å². The number of pyridine rings is 1. The molecule has 3 rings (SSSR count). The van der Waals surface area contributed by atoms with Crippen molar-refractivity contribution in [2.24, 2.45) is 0 Å². The number of sulfonamides is 1. The highest BCUT2D eigenvalue weighted by Crippen LogP contribution is 2.29. The van der Waals surface area contributed by atoms with Crippen molar-refractivity contribution in [1.29, 1.82) is 0 Å². The molecule has 0 aliphatic heterocycles. The van der Waals surface area contributed by atoms with Crippen LogP contribution >= 0.6 is 0 Å². The maximum absolute atomic E-state index is 13.2. The summed E-state index contributed by atoms with van der Waals surface area (Å²) in [5.41, 5.74) is 1.83. The molecule has 6 nitrogen and oxygen atoms in total. The van der Waals surface area contributed by atoms with E-state index in [9.17, 15) is 13.2 Å². The number of para-hydroxylation sites is 1. The minimum Gasteiger partial charge on any atom is -0.497 e. The normalized spacial score (nSPS) is 11.4. The van der Waals surface area contributed by atoms with Crippen LogP contribution in [0.4, 0.5) is 5.69 Å². The Balaban J connectivity index is 2.06. The Kier molecular flexibility index (Phi) is 6.09. The Labute approximate surface area is 170 Å². The van der Waals surface area contributed by atoms with Gasteiger partial charge < -0.3 is 4.74 Å². The summed E-state index contributed by atoms with van der Waals surface area (Å²) >= 11 is 0. The molecule has 1 N–H and O–H groups in total. The third-order valence-corrected chi connectivity index (χ3v) is 6.04. The van der Waals surface area contributed by atoms with Crippen molar-refractivity contribution in [3.63, 3.8) is 0 Å². The number of nitrogens with zero attached hydrogens (tertiary/aromatic N) is 1. The molecule has 0 fully saturated rings. The van der Waals surface area contributed by atoms with Gasteiger partial charge in [0.1, 0.15) is 5.75 Å². The van der Waals surface area contributed by atoms with Crippen molar-refractivity contribution in [1.82, 2.24) is 0 Å². The Bertz CT molecular complexity index is 1120. The lowest BCUT2D eigenvalue weighted by Gasteiger charge is -2.23. The van der Waals surface area contributed by atoms with E-state index in [0.29, 0.717) is 11.3 Å². The molecular formula is C22H21N2O4S+. The predicted molar refractivity (Wildman–Crippen MR) is 112 cm³/mol. The smallest absolute Gasteiger partial charge is 0.270 e. The van der Waals surface area contributed by atoms with Crippen molar-refractivity contribution >= 4 is 33.8 Å².